The molecule has 0 aliphatic rings. The van der Waals surface area contributed by atoms with Crippen molar-refractivity contribution in [3.05, 3.63) is 76.6 Å². The largest absolute Gasteiger partial charge is 0.355 e. The molecule has 0 fully saturated rings. The van der Waals surface area contributed by atoms with Crippen LogP contribution in [0.25, 0.3) is 0 Å². The van der Waals surface area contributed by atoms with Gasteiger partial charge in [-0.05, 0) is 38.0 Å². The molecule has 0 saturated carbocycles. The lowest BCUT2D eigenvalue weighted by molar-refractivity contribution is -0.118. The topological polar surface area (TPSA) is 88.9 Å². The summed E-state index contributed by atoms with van der Waals surface area (Å²) in [6.45, 7) is 5.02. The van der Waals surface area contributed by atoms with Gasteiger partial charge in [0.15, 0.2) is 11.0 Å². The Balaban J connectivity index is 1.54. The van der Waals surface area contributed by atoms with E-state index in [4.69, 9.17) is 11.6 Å². The van der Waals surface area contributed by atoms with Gasteiger partial charge in [0, 0.05) is 13.1 Å². The van der Waals surface area contributed by atoms with Gasteiger partial charge in [0.05, 0.1) is 22.4 Å². The maximum Gasteiger partial charge on any atom is 0.253 e. The van der Waals surface area contributed by atoms with Gasteiger partial charge < -0.3 is 15.2 Å². The van der Waals surface area contributed by atoms with Crippen molar-refractivity contribution in [1.82, 2.24) is 25.4 Å². The second kappa shape index (κ2) is 11.7. The average Bonchev–Trinajstić information content (AvgIpc) is 3.21. The van der Waals surface area contributed by atoms with Crippen molar-refractivity contribution < 1.29 is 9.59 Å². The third kappa shape index (κ3) is 6.34. The van der Waals surface area contributed by atoms with E-state index in [1.807, 2.05) is 48.7 Å². The van der Waals surface area contributed by atoms with Crippen LogP contribution in [-0.4, -0.2) is 38.9 Å². The summed E-state index contributed by atoms with van der Waals surface area (Å²) in [5, 5.41) is 15.3. The van der Waals surface area contributed by atoms with Crippen LogP contribution in [0.1, 0.15) is 41.6 Å². The van der Waals surface area contributed by atoms with Crippen molar-refractivity contribution in [3.63, 3.8) is 0 Å². The van der Waals surface area contributed by atoms with Crippen molar-refractivity contribution in [2.24, 2.45) is 0 Å². The van der Waals surface area contributed by atoms with Gasteiger partial charge in [0.1, 0.15) is 0 Å². The maximum absolute atomic E-state index is 12.6. The molecule has 0 bridgehead atoms. The predicted octanol–water partition coefficient (Wildman–Crippen LogP) is 3.89. The average molecular weight is 472 g/mol. The van der Waals surface area contributed by atoms with Crippen LogP contribution in [-0.2, 0) is 17.8 Å². The van der Waals surface area contributed by atoms with Crippen LogP contribution in [0.3, 0.4) is 0 Å². The molecule has 1 atom stereocenters. The summed E-state index contributed by atoms with van der Waals surface area (Å²) >= 11 is 7.44. The standard InChI is InChI=1S/C23H26ClN5O2S/c1-3-29-21(16(2)26-22(31)18-11-7-8-12-19(18)24)27-28-23(29)32-15-20(30)25-14-13-17-9-5-4-6-10-17/h4-12,16H,3,13-15H2,1-2H3,(H,25,30)(H,26,31)/t16-/m1/s1. The predicted molar refractivity (Wildman–Crippen MR) is 127 cm³/mol. The zero-order valence-corrected chi connectivity index (χ0v) is 19.6. The van der Waals surface area contributed by atoms with E-state index in [1.54, 1.807) is 24.3 Å². The number of benzene rings is 2. The van der Waals surface area contributed by atoms with E-state index in [0.717, 1.165) is 6.42 Å². The highest BCUT2D eigenvalue weighted by Gasteiger charge is 2.21. The number of aromatic nitrogens is 3. The molecule has 3 aromatic rings. The monoisotopic (exact) mass is 471 g/mol. The number of thioether (sulfide) groups is 1. The molecule has 0 spiro atoms. The van der Waals surface area contributed by atoms with Crippen molar-refractivity contribution >= 4 is 35.2 Å². The van der Waals surface area contributed by atoms with Crippen LogP contribution in [0.15, 0.2) is 59.8 Å². The van der Waals surface area contributed by atoms with Gasteiger partial charge in [-0.3, -0.25) is 9.59 Å². The SMILES string of the molecule is CCn1c(SCC(=O)NCCc2ccccc2)nnc1[C@@H](C)NC(=O)c1ccccc1Cl. The van der Waals surface area contributed by atoms with Crippen LogP contribution in [0, 0.1) is 0 Å². The molecule has 0 aliphatic heterocycles. The van der Waals surface area contributed by atoms with E-state index < -0.39 is 0 Å². The van der Waals surface area contributed by atoms with Gasteiger partial charge in [-0.25, -0.2) is 0 Å². The normalized spacial score (nSPS) is 11.7. The van der Waals surface area contributed by atoms with Crippen LogP contribution in [0.4, 0.5) is 0 Å². The zero-order chi connectivity index (χ0) is 22.9. The fourth-order valence-corrected chi connectivity index (χ4v) is 4.24. The highest BCUT2D eigenvalue weighted by molar-refractivity contribution is 7.99. The van der Waals surface area contributed by atoms with Crippen LogP contribution in [0.2, 0.25) is 5.02 Å². The van der Waals surface area contributed by atoms with Gasteiger partial charge in [-0.2, -0.15) is 0 Å². The number of carbonyl (C=O) groups is 2. The highest BCUT2D eigenvalue weighted by atomic mass is 35.5. The van der Waals surface area contributed by atoms with Crippen LogP contribution < -0.4 is 10.6 Å². The summed E-state index contributed by atoms with van der Waals surface area (Å²) in [6.07, 6.45) is 0.787. The molecule has 2 N–H and O–H groups in total. The summed E-state index contributed by atoms with van der Waals surface area (Å²) in [4.78, 5) is 24.8. The first-order valence-corrected chi connectivity index (χ1v) is 11.8. The number of nitrogens with one attached hydrogen (secondary N) is 2. The third-order valence-electron chi connectivity index (χ3n) is 4.83. The van der Waals surface area contributed by atoms with Crippen molar-refractivity contribution in [3.8, 4) is 0 Å². The molecule has 2 amide bonds. The molecule has 0 saturated heterocycles. The van der Waals surface area contributed by atoms with Crippen LogP contribution >= 0.6 is 23.4 Å². The Morgan fingerprint density at radius 3 is 2.53 bits per heavy atom. The number of hydrogen-bond donors (Lipinski definition) is 2. The van der Waals surface area contributed by atoms with Crippen molar-refractivity contribution in [2.45, 2.75) is 38.0 Å². The van der Waals surface area contributed by atoms with E-state index in [1.165, 1.54) is 17.3 Å². The summed E-state index contributed by atoms with van der Waals surface area (Å²) in [7, 11) is 0. The lowest BCUT2D eigenvalue weighted by Gasteiger charge is -2.15. The fraction of sp³-hybridized carbons (Fsp3) is 0.304. The minimum atomic E-state index is -0.375. The van der Waals surface area contributed by atoms with E-state index >= 15 is 0 Å². The Bertz CT molecular complexity index is 1060. The van der Waals surface area contributed by atoms with E-state index in [-0.39, 0.29) is 23.6 Å². The highest BCUT2D eigenvalue weighted by Crippen LogP contribution is 2.21. The molecule has 7 nitrogen and oxygen atoms in total. The van der Waals surface area contributed by atoms with Crippen molar-refractivity contribution in [1.29, 1.82) is 0 Å². The van der Waals surface area contributed by atoms with Gasteiger partial charge in [0.25, 0.3) is 5.91 Å². The molecule has 168 valence electrons. The second-order valence-electron chi connectivity index (χ2n) is 7.13. The van der Waals surface area contributed by atoms with Crippen molar-refractivity contribution in [2.75, 3.05) is 12.3 Å². The number of hydrogen-bond acceptors (Lipinski definition) is 5. The number of halogens is 1. The minimum absolute atomic E-state index is 0.0572. The molecule has 0 unspecified atom stereocenters. The first kappa shape index (κ1) is 23.8. The summed E-state index contributed by atoms with van der Waals surface area (Å²) in [6, 6.07) is 16.5. The first-order chi connectivity index (χ1) is 15.5. The molecule has 0 radical (unpaired) electrons. The number of carbonyl (C=O) groups excluding carboxylic acids is 2. The van der Waals surface area contributed by atoms with Gasteiger partial charge >= 0.3 is 0 Å². The molecule has 32 heavy (non-hydrogen) atoms. The molecule has 0 aliphatic carbocycles. The minimum Gasteiger partial charge on any atom is -0.355 e. The van der Waals surface area contributed by atoms with Crippen LogP contribution in [0.5, 0.6) is 0 Å². The van der Waals surface area contributed by atoms with E-state index in [9.17, 15) is 9.59 Å². The lowest BCUT2D eigenvalue weighted by atomic mass is 10.1. The quantitative estimate of drug-likeness (QED) is 0.438. The maximum atomic E-state index is 12.6. The number of amides is 2. The Morgan fingerprint density at radius 2 is 1.81 bits per heavy atom. The molecule has 1 aromatic heterocycles. The Labute approximate surface area is 197 Å². The first-order valence-electron chi connectivity index (χ1n) is 10.4. The summed E-state index contributed by atoms with van der Waals surface area (Å²) < 4.78 is 1.90. The number of nitrogens with zero attached hydrogens (tertiary/aromatic N) is 3. The fourth-order valence-electron chi connectivity index (χ4n) is 3.18. The third-order valence-corrected chi connectivity index (χ3v) is 6.12. The molecule has 3 rings (SSSR count). The smallest absolute Gasteiger partial charge is 0.253 e. The zero-order valence-electron chi connectivity index (χ0n) is 18.0. The summed E-state index contributed by atoms with van der Waals surface area (Å²) in [5.74, 6) is 0.534. The van der Waals surface area contributed by atoms with Gasteiger partial charge in [0.2, 0.25) is 5.91 Å². The molecular weight excluding hydrogens is 446 g/mol. The Hall–Kier alpha value is -2.84. The Kier molecular flexibility index (Phi) is 8.70. The molecular formula is C23H26ClN5O2S. The van der Waals surface area contributed by atoms with E-state index in [0.29, 0.717) is 34.7 Å². The van der Waals surface area contributed by atoms with Gasteiger partial charge in [-0.15, -0.1) is 10.2 Å². The lowest BCUT2D eigenvalue weighted by Crippen LogP contribution is -2.29. The van der Waals surface area contributed by atoms with E-state index in [2.05, 4.69) is 20.8 Å². The second-order valence-corrected chi connectivity index (χ2v) is 8.48. The summed E-state index contributed by atoms with van der Waals surface area (Å²) in [5.41, 5.74) is 1.59. The Morgan fingerprint density at radius 1 is 1.09 bits per heavy atom. The molecule has 9 heteroatoms. The number of rotatable bonds is 10. The van der Waals surface area contributed by atoms with Gasteiger partial charge in [-0.1, -0.05) is 65.8 Å². The molecule has 1 heterocycles. The molecule has 2 aromatic carbocycles.